The third-order valence-corrected chi connectivity index (χ3v) is 3.47. The molecular formula is C14H24N2O. The van der Waals surface area contributed by atoms with Gasteiger partial charge in [-0.05, 0) is 45.6 Å². The monoisotopic (exact) mass is 236 g/mol. The molecule has 0 spiro atoms. The van der Waals surface area contributed by atoms with Crippen molar-refractivity contribution in [3.63, 3.8) is 0 Å². The number of benzene rings is 1. The minimum absolute atomic E-state index is 0.484. The Morgan fingerprint density at radius 3 is 2.29 bits per heavy atom. The van der Waals surface area contributed by atoms with E-state index >= 15 is 0 Å². The Hall–Kier alpha value is -1.06. The number of hydrogen-bond donors (Lipinski definition) is 1. The summed E-state index contributed by atoms with van der Waals surface area (Å²) in [4.78, 5) is 2.35. The average Bonchev–Trinajstić information content (AvgIpc) is 2.37. The fourth-order valence-corrected chi connectivity index (χ4v) is 1.79. The van der Waals surface area contributed by atoms with Crippen LogP contribution >= 0.6 is 0 Å². The van der Waals surface area contributed by atoms with Crippen LogP contribution in [0, 0.1) is 0 Å². The Morgan fingerprint density at radius 2 is 1.82 bits per heavy atom. The fourth-order valence-electron chi connectivity index (χ4n) is 1.79. The minimum atomic E-state index is 0.484. The Morgan fingerprint density at radius 1 is 1.24 bits per heavy atom. The van der Waals surface area contributed by atoms with Gasteiger partial charge in [-0.15, -0.1) is 0 Å². The van der Waals surface area contributed by atoms with Crippen LogP contribution in [0.25, 0.3) is 0 Å². The van der Waals surface area contributed by atoms with Gasteiger partial charge >= 0.3 is 0 Å². The molecule has 0 heterocycles. The molecule has 2 unspecified atom stereocenters. The summed E-state index contributed by atoms with van der Waals surface area (Å²) >= 11 is 0. The van der Waals surface area contributed by atoms with Crippen molar-refractivity contribution in [2.75, 3.05) is 21.2 Å². The van der Waals surface area contributed by atoms with Crippen molar-refractivity contribution in [3.8, 4) is 5.75 Å². The SMILES string of the molecule is CNC(C)C(C)N(C)Cc1ccc(OC)cc1. The molecule has 0 saturated heterocycles. The van der Waals surface area contributed by atoms with Crippen molar-refractivity contribution in [2.24, 2.45) is 0 Å². The zero-order chi connectivity index (χ0) is 12.8. The zero-order valence-corrected chi connectivity index (χ0v) is 11.5. The normalized spacial score (nSPS) is 14.7. The highest BCUT2D eigenvalue weighted by Gasteiger charge is 2.15. The highest BCUT2D eigenvalue weighted by atomic mass is 16.5. The number of nitrogens with zero attached hydrogens (tertiary/aromatic N) is 1. The van der Waals surface area contributed by atoms with Crippen molar-refractivity contribution < 1.29 is 4.74 Å². The Kier molecular flexibility index (Phi) is 5.45. The van der Waals surface area contributed by atoms with E-state index in [1.807, 2.05) is 19.2 Å². The van der Waals surface area contributed by atoms with Gasteiger partial charge < -0.3 is 10.1 Å². The van der Waals surface area contributed by atoms with Crippen molar-refractivity contribution in [3.05, 3.63) is 29.8 Å². The predicted molar refractivity (Wildman–Crippen MR) is 72.4 cm³/mol. The molecule has 0 fully saturated rings. The van der Waals surface area contributed by atoms with Crippen LogP contribution in [0.5, 0.6) is 5.75 Å². The van der Waals surface area contributed by atoms with E-state index in [1.165, 1.54) is 5.56 Å². The van der Waals surface area contributed by atoms with Crippen LogP contribution in [0.3, 0.4) is 0 Å². The van der Waals surface area contributed by atoms with Gasteiger partial charge in [0.2, 0.25) is 0 Å². The Bertz CT molecular complexity index is 323. The number of rotatable bonds is 6. The molecule has 0 amide bonds. The highest BCUT2D eigenvalue weighted by molar-refractivity contribution is 5.27. The maximum atomic E-state index is 5.15. The molecule has 1 N–H and O–H groups in total. The maximum absolute atomic E-state index is 5.15. The summed E-state index contributed by atoms with van der Waals surface area (Å²) in [5.41, 5.74) is 1.31. The van der Waals surface area contributed by atoms with E-state index in [0.29, 0.717) is 12.1 Å². The maximum Gasteiger partial charge on any atom is 0.118 e. The molecule has 3 heteroatoms. The molecule has 0 aromatic heterocycles. The van der Waals surface area contributed by atoms with E-state index in [0.717, 1.165) is 12.3 Å². The molecule has 17 heavy (non-hydrogen) atoms. The number of hydrogen-bond acceptors (Lipinski definition) is 3. The second-order valence-corrected chi connectivity index (χ2v) is 4.58. The van der Waals surface area contributed by atoms with Crippen LogP contribution < -0.4 is 10.1 Å². The van der Waals surface area contributed by atoms with Crippen LogP contribution in [-0.4, -0.2) is 38.2 Å². The summed E-state index contributed by atoms with van der Waals surface area (Å²) in [7, 11) is 5.85. The molecule has 1 rings (SSSR count). The summed E-state index contributed by atoms with van der Waals surface area (Å²) in [6.45, 7) is 5.40. The van der Waals surface area contributed by atoms with Crippen molar-refractivity contribution in [1.82, 2.24) is 10.2 Å². The van der Waals surface area contributed by atoms with Gasteiger partial charge in [0.1, 0.15) is 5.75 Å². The van der Waals surface area contributed by atoms with Crippen LogP contribution in [-0.2, 0) is 6.54 Å². The molecule has 3 nitrogen and oxygen atoms in total. The summed E-state index contributed by atoms with van der Waals surface area (Å²) in [6, 6.07) is 9.24. The Balaban J connectivity index is 2.57. The average molecular weight is 236 g/mol. The van der Waals surface area contributed by atoms with Crippen molar-refractivity contribution >= 4 is 0 Å². The van der Waals surface area contributed by atoms with Crippen LogP contribution in [0.2, 0.25) is 0 Å². The van der Waals surface area contributed by atoms with Gasteiger partial charge in [-0.25, -0.2) is 0 Å². The van der Waals surface area contributed by atoms with Crippen molar-refractivity contribution in [1.29, 1.82) is 0 Å². The van der Waals surface area contributed by atoms with Crippen LogP contribution in [0.15, 0.2) is 24.3 Å². The van der Waals surface area contributed by atoms with E-state index in [4.69, 9.17) is 4.74 Å². The third kappa shape index (κ3) is 4.02. The molecule has 1 aromatic rings. The summed E-state index contributed by atoms with van der Waals surface area (Å²) in [5, 5.41) is 3.29. The van der Waals surface area contributed by atoms with Gasteiger partial charge in [0.15, 0.2) is 0 Å². The number of nitrogens with one attached hydrogen (secondary N) is 1. The first-order valence-corrected chi connectivity index (χ1v) is 6.09. The van der Waals surface area contributed by atoms with Gasteiger partial charge in [0.05, 0.1) is 7.11 Å². The molecule has 2 atom stereocenters. The van der Waals surface area contributed by atoms with Crippen LogP contribution in [0.4, 0.5) is 0 Å². The summed E-state index contributed by atoms with van der Waals surface area (Å²) in [5.74, 6) is 0.910. The first-order chi connectivity index (χ1) is 8.08. The van der Waals surface area contributed by atoms with Crippen LogP contribution in [0.1, 0.15) is 19.4 Å². The number of methoxy groups -OCH3 is 1. The molecule has 0 aliphatic carbocycles. The highest BCUT2D eigenvalue weighted by Crippen LogP contribution is 2.14. The van der Waals surface area contributed by atoms with E-state index in [-0.39, 0.29) is 0 Å². The molecule has 0 saturated carbocycles. The lowest BCUT2D eigenvalue weighted by atomic mass is 10.1. The lowest BCUT2D eigenvalue weighted by molar-refractivity contribution is 0.211. The lowest BCUT2D eigenvalue weighted by Crippen LogP contribution is -2.43. The third-order valence-electron chi connectivity index (χ3n) is 3.47. The van der Waals surface area contributed by atoms with Gasteiger partial charge in [-0.1, -0.05) is 12.1 Å². The summed E-state index contributed by atoms with van der Waals surface area (Å²) < 4.78 is 5.15. The topological polar surface area (TPSA) is 24.5 Å². The fraction of sp³-hybridized carbons (Fsp3) is 0.571. The molecular weight excluding hydrogens is 212 g/mol. The largest absolute Gasteiger partial charge is 0.497 e. The molecule has 0 radical (unpaired) electrons. The molecule has 96 valence electrons. The Labute approximate surface area is 105 Å². The second kappa shape index (κ2) is 6.62. The van der Waals surface area contributed by atoms with E-state index in [1.54, 1.807) is 7.11 Å². The lowest BCUT2D eigenvalue weighted by Gasteiger charge is -2.29. The van der Waals surface area contributed by atoms with Gasteiger partial charge in [-0.3, -0.25) is 4.90 Å². The first kappa shape index (κ1) is 14.0. The van der Waals surface area contributed by atoms with E-state index in [2.05, 4.69) is 43.2 Å². The molecule has 0 aliphatic heterocycles. The van der Waals surface area contributed by atoms with Gasteiger partial charge in [-0.2, -0.15) is 0 Å². The minimum Gasteiger partial charge on any atom is -0.497 e. The van der Waals surface area contributed by atoms with Gasteiger partial charge in [0, 0.05) is 18.6 Å². The van der Waals surface area contributed by atoms with Gasteiger partial charge in [0.25, 0.3) is 0 Å². The zero-order valence-electron chi connectivity index (χ0n) is 11.5. The quantitative estimate of drug-likeness (QED) is 0.819. The molecule has 0 aliphatic rings. The van der Waals surface area contributed by atoms with E-state index in [9.17, 15) is 0 Å². The molecule has 1 aromatic carbocycles. The second-order valence-electron chi connectivity index (χ2n) is 4.58. The smallest absolute Gasteiger partial charge is 0.118 e. The first-order valence-electron chi connectivity index (χ1n) is 6.09. The number of likely N-dealkylation sites (N-methyl/N-ethyl adjacent to an activating group) is 2. The van der Waals surface area contributed by atoms with E-state index < -0.39 is 0 Å². The van der Waals surface area contributed by atoms with Crippen molar-refractivity contribution in [2.45, 2.75) is 32.5 Å². The predicted octanol–water partition coefficient (Wildman–Crippen LogP) is 2.12. The number of ether oxygens (including phenoxy) is 1. The summed E-state index contributed by atoms with van der Waals surface area (Å²) in [6.07, 6.45) is 0. The molecule has 0 bridgehead atoms. The standard InChI is InChI=1S/C14H24N2O/c1-11(15-3)12(2)16(4)10-13-6-8-14(17-5)9-7-13/h6-9,11-12,15H,10H2,1-5H3.